The molecule has 1 unspecified atom stereocenters. The number of para-hydroxylation sites is 1. The van der Waals surface area contributed by atoms with Gasteiger partial charge in [0.25, 0.3) is 5.56 Å². The number of rotatable bonds is 9. The minimum atomic E-state index is -3.06. The van der Waals surface area contributed by atoms with E-state index in [0.29, 0.717) is 28.9 Å². The first-order valence-corrected chi connectivity index (χ1v) is 14.9. The molecule has 1 aliphatic carbocycles. The van der Waals surface area contributed by atoms with E-state index in [2.05, 4.69) is 14.2 Å². The Morgan fingerprint density at radius 1 is 0.783 bits per heavy atom. The van der Waals surface area contributed by atoms with E-state index in [9.17, 15) is 31.1 Å². The molecule has 3 aromatic carbocycles. The number of benzene rings is 3. The summed E-state index contributed by atoms with van der Waals surface area (Å²) >= 11 is 1.08. The smallest absolute Gasteiger partial charge is 0.387 e. The van der Waals surface area contributed by atoms with Crippen LogP contribution in [0.5, 0.6) is 17.2 Å². The van der Waals surface area contributed by atoms with Gasteiger partial charge in [-0.15, -0.1) is 0 Å². The quantitative estimate of drug-likeness (QED) is 0.177. The van der Waals surface area contributed by atoms with Crippen molar-refractivity contribution in [3.63, 3.8) is 0 Å². The second-order valence-electron chi connectivity index (χ2n) is 10.3. The monoisotopic (exact) mass is 658 g/mol. The second-order valence-corrected chi connectivity index (χ2v) is 11.3. The minimum absolute atomic E-state index is 0.0225. The predicted molar refractivity (Wildman–Crippen MR) is 159 cm³/mol. The average Bonchev–Trinajstić information content (AvgIpc) is 3.32. The number of allylic oxidation sites excluding steroid dienone is 2. The molecule has 2 aliphatic rings. The molecule has 1 aliphatic heterocycles. The van der Waals surface area contributed by atoms with Gasteiger partial charge in [-0.3, -0.25) is 9.36 Å². The van der Waals surface area contributed by atoms with Crippen molar-refractivity contribution in [1.29, 1.82) is 0 Å². The van der Waals surface area contributed by atoms with Crippen LogP contribution in [0.1, 0.15) is 42.0 Å². The molecule has 0 amide bonds. The van der Waals surface area contributed by atoms with E-state index in [1.165, 1.54) is 41.0 Å². The summed E-state index contributed by atoms with van der Waals surface area (Å²) in [6.45, 7) is -9.00. The predicted octanol–water partition coefficient (Wildman–Crippen LogP) is 7.29. The van der Waals surface area contributed by atoms with Gasteiger partial charge in [-0.1, -0.05) is 53.8 Å². The zero-order valence-corrected chi connectivity index (χ0v) is 24.5. The van der Waals surface area contributed by atoms with Gasteiger partial charge in [0, 0.05) is 5.56 Å². The minimum Gasteiger partial charge on any atom is -0.435 e. The molecule has 238 valence electrons. The number of nitrogens with zero attached hydrogens (tertiary/aromatic N) is 2. The summed E-state index contributed by atoms with van der Waals surface area (Å²) in [4.78, 5) is 19.2. The third-order valence-electron chi connectivity index (χ3n) is 7.42. The van der Waals surface area contributed by atoms with Crippen LogP contribution in [0, 0.1) is 0 Å². The van der Waals surface area contributed by atoms with E-state index in [1.807, 2.05) is 6.08 Å². The second kappa shape index (κ2) is 13.3. The maximum Gasteiger partial charge on any atom is 0.387 e. The number of hydrogen-bond donors (Lipinski definition) is 0. The Balaban J connectivity index is 1.50. The van der Waals surface area contributed by atoms with Gasteiger partial charge in [0.1, 0.15) is 17.2 Å². The molecule has 1 aromatic heterocycles. The topological polar surface area (TPSA) is 62.0 Å². The summed E-state index contributed by atoms with van der Waals surface area (Å²) in [5, 5.41) is 0. The number of aromatic nitrogens is 1. The van der Waals surface area contributed by atoms with Crippen molar-refractivity contribution in [3.05, 3.63) is 126 Å². The fourth-order valence-corrected chi connectivity index (χ4v) is 6.57. The van der Waals surface area contributed by atoms with Crippen molar-refractivity contribution in [2.75, 3.05) is 0 Å². The maximum absolute atomic E-state index is 14.0. The Morgan fingerprint density at radius 3 is 2.07 bits per heavy atom. The maximum atomic E-state index is 14.0. The van der Waals surface area contributed by atoms with E-state index >= 15 is 0 Å². The van der Waals surface area contributed by atoms with Crippen LogP contribution >= 0.6 is 11.3 Å². The Morgan fingerprint density at radius 2 is 1.41 bits per heavy atom. The highest BCUT2D eigenvalue weighted by molar-refractivity contribution is 7.07. The fraction of sp³-hybridized carbons (Fsp3) is 0.212. The number of alkyl halides is 6. The van der Waals surface area contributed by atoms with Crippen LogP contribution in [0.15, 0.2) is 99.4 Å². The fourth-order valence-electron chi connectivity index (χ4n) is 5.58. The summed E-state index contributed by atoms with van der Waals surface area (Å²) in [5.74, 6) is -0.113. The lowest BCUT2D eigenvalue weighted by Crippen LogP contribution is -2.39. The SMILES string of the molecule is O=c1/c(=C/c2ccccc2OC(F)F)sc2n1C(c1ccc(OC(F)F)cc1)C1=C(N=2)/C(=C/c2ccc(OC(F)F)cc2)CCC1. The molecule has 6 rings (SSSR count). The first kappa shape index (κ1) is 31.2. The third-order valence-corrected chi connectivity index (χ3v) is 8.40. The van der Waals surface area contributed by atoms with Crippen LogP contribution in [-0.4, -0.2) is 24.4 Å². The number of halogens is 6. The highest BCUT2D eigenvalue weighted by atomic mass is 32.1. The van der Waals surface area contributed by atoms with Crippen LogP contribution in [0.4, 0.5) is 26.3 Å². The molecule has 13 heteroatoms. The largest absolute Gasteiger partial charge is 0.435 e. The molecule has 4 aromatic rings. The molecule has 0 saturated carbocycles. The first-order chi connectivity index (χ1) is 22.2. The van der Waals surface area contributed by atoms with Gasteiger partial charge in [-0.05, 0) is 84.0 Å². The van der Waals surface area contributed by atoms with Gasteiger partial charge in [0.05, 0.1) is 16.3 Å². The highest BCUT2D eigenvalue weighted by Gasteiger charge is 2.32. The number of thiazole rings is 1. The molecule has 1 atom stereocenters. The summed E-state index contributed by atoms with van der Waals surface area (Å²) in [6, 6.07) is 17.7. The van der Waals surface area contributed by atoms with Gasteiger partial charge in [-0.25, -0.2) is 4.99 Å². The van der Waals surface area contributed by atoms with E-state index in [-0.39, 0.29) is 27.3 Å². The zero-order valence-electron chi connectivity index (χ0n) is 23.7. The van der Waals surface area contributed by atoms with Crippen molar-refractivity contribution in [1.82, 2.24) is 4.57 Å². The molecule has 0 N–H and O–H groups in total. The van der Waals surface area contributed by atoms with Crippen LogP contribution in [0.25, 0.3) is 12.2 Å². The van der Waals surface area contributed by atoms with Crippen LogP contribution in [-0.2, 0) is 0 Å². The molecule has 0 spiro atoms. The molecule has 46 heavy (non-hydrogen) atoms. The Bertz CT molecular complexity index is 1970. The third kappa shape index (κ3) is 6.74. The van der Waals surface area contributed by atoms with Crippen molar-refractivity contribution in [2.45, 2.75) is 45.1 Å². The lowest BCUT2D eigenvalue weighted by Gasteiger charge is -2.31. The van der Waals surface area contributed by atoms with Gasteiger partial charge in [0.2, 0.25) is 0 Å². The first-order valence-electron chi connectivity index (χ1n) is 14.1. The summed E-state index contributed by atoms with van der Waals surface area (Å²) in [7, 11) is 0. The molecule has 2 heterocycles. The lowest BCUT2D eigenvalue weighted by atomic mass is 9.84. The van der Waals surface area contributed by atoms with E-state index in [0.717, 1.165) is 34.5 Å². The highest BCUT2D eigenvalue weighted by Crippen LogP contribution is 2.41. The van der Waals surface area contributed by atoms with Gasteiger partial charge in [0.15, 0.2) is 4.80 Å². The van der Waals surface area contributed by atoms with Crippen LogP contribution in [0.2, 0.25) is 0 Å². The van der Waals surface area contributed by atoms with E-state index in [4.69, 9.17) is 4.99 Å². The Kier molecular flexibility index (Phi) is 9.02. The Hall–Kier alpha value is -4.78. The molecule has 0 radical (unpaired) electrons. The van der Waals surface area contributed by atoms with Crippen LogP contribution < -0.4 is 29.1 Å². The van der Waals surface area contributed by atoms with Gasteiger partial charge in [-0.2, -0.15) is 26.3 Å². The average molecular weight is 659 g/mol. The van der Waals surface area contributed by atoms with Crippen LogP contribution in [0.3, 0.4) is 0 Å². The van der Waals surface area contributed by atoms with E-state index in [1.54, 1.807) is 42.5 Å². The van der Waals surface area contributed by atoms with Crippen molar-refractivity contribution in [2.24, 2.45) is 4.99 Å². The lowest BCUT2D eigenvalue weighted by molar-refractivity contribution is -0.0506. The van der Waals surface area contributed by atoms with Crippen molar-refractivity contribution < 1.29 is 40.6 Å². The van der Waals surface area contributed by atoms with Crippen molar-refractivity contribution >= 4 is 23.5 Å². The number of fused-ring (bicyclic) bond motifs is 1. The summed E-state index contributed by atoms with van der Waals surface area (Å²) in [6.07, 6.45) is 5.33. The molecule has 0 fully saturated rings. The molecule has 0 bridgehead atoms. The number of ether oxygens (including phenoxy) is 3. The summed E-state index contributed by atoms with van der Waals surface area (Å²) in [5.41, 5.74) is 3.58. The molecule has 6 nitrogen and oxygen atoms in total. The molecular formula is C33H24F6N2O4S. The summed E-state index contributed by atoms with van der Waals surface area (Å²) < 4.78 is 92.4. The molecule has 0 saturated heterocycles. The standard InChI is InChI=1S/C33H24F6N2O4S/c34-30(35)43-22-12-8-18(9-13-22)16-21-5-3-6-24-27(21)40-33-41(28(24)19-10-14-23(15-11-19)44-31(36)37)29(42)26(46-33)17-20-4-1-2-7-25(20)45-32(38)39/h1-2,4,7-17,28,30-32H,3,5-6H2/b21-16+,26-17-. The van der Waals surface area contributed by atoms with E-state index < -0.39 is 31.4 Å². The van der Waals surface area contributed by atoms with Gasteiger partial charge >= 0.3 is 19.8 Å². The Labute approximate surface area is 261 Å². The normalized spacial score (nSPS) is 17.4. The van der Waals surface area contributed by atoms with Gasteiger partial charge < -0.3 is 14.2 Å². The molecular weight excluding hydrogens is 634 g/mol. The zero-order chi connectivity index (χ0) is 32.4. The van der Waals surface area contributed by atoms with Crippen molar-refractivity contribution in [3.8, 4) is 17.2 Å². The number of hydrogen-bond acceptors (Lipinski definition) is 6.